The molecule has 6 heteroatoms. The van der Waals surface area contributed by atoms with Crippen molar-refractivity contribution in [3.8, 4) is 0 Å². The lowest BCUT2D eigenvalue weighted by molar-refractivity contribution is -0.136. The van der Waals surface area contributed by atoms with E-state index in [4.69, 9.17) is 9.52 Å². The maximum absolute atomic E-state index is 10.9. The van der Waals surface area contributed by atoms with Crippen LogP contribution in [0.15, 0.2) is 9.64 Å². The molecular formula is C9H14N2O3S. The smallest absolute Gasteiger partial charge is 0.317 e. The molecule has 0 saturated heterocycles. The van der Waals surface area contributed by atoms with Crippen LogP contribution in [0.5, 0.6) is 0 Å². The summed E-state index contributed by atoms with van der Waals surface area (Å²) in [6.07, 6.45) is 2.49. The predicted octanol–water partition coefficient (Wildman–Crippen LogP) is 2.11. The highest BCUT2D eigenvalue weighted by Crippen LogP contribution is 2.25. The first-order valence-corrected chi connectivity index (χ1v) is 5.71. The number of nitrogens with zero attached hydrogens (tertiary/aromatic N) is 2. The van der Waals surface area contributed by atoms with Gasteiger partial charge in [-0.05, 0) is 6.42 Å². The molecular weight excluding hydrogens is 216 g/mol. The number of aromatic nitrogens is 2. The Morgan fingerprint density at radius 1 is 1.60 bits per heavy atom. The van der Waals surface area contributed by atoms with Crippen molar-refractivity contribution < 1.29 is 14.3 Å². The first-order chi connectivity index (χ1) is 7.13. The van der Waals surface area contributed by atoms with Gasteiger partial charge in [-0.2, -0.15) is 0 Å². The van der Waals surface area contributed by atoms with Crippen molar-refractivity contribution in [1.82, 2.24) is 10.2 Å². The van der Waals surface area contributed by atoms with Gasteiger partial charge in [-0.3, -0.25) is 4.79 Å². The van der Waals surface area contributed by atoms with Crippen molar-refractivity contribution in [1.29, 1.82) is 0 Å². The van der Waals surface area contributed by atoms with Crippen molar-refractivity contribution in [3.63, 3.8) is 0 Å². The van der Waals surface area contributed by atoms with Crippen molar-refractivity contribution in [2.45, 2.75) is 43.6 Å². The van der Waals surface area contributed by atoms with E-state index in [1.165, 1.54) is 0 Å². The number of aliphatic carboxylic acids is 1. The van der Waals surface area contributed by atoms with Gasteiger partial charge in [0.05, 0.1) is 0 Å². The molecule has 0 aliphatic rings. The second-order valence-electron chi connectivity index (χ2n) is 3.17. The molecule has 5 nitrogen and oxygen atoms in total. The van der Waals surface area contributed by atoms with Crippen LogP contribution in [0.2, 0.25) is 0 Å². The molecule has 1 atom stereocenters. The highest BCUT2D eigenvalue weighted by molar-refractivity contribution is 8.00. The summed E-state index contributed by atoms with van der Waals surface area (Å²) in [5.74, 6) is -0.374. The maximum Gasteiger partial charge on any atom is 0.317 e. The zero-order valence-corrected chi connectivity index (χ0v) is 9.58. The number of aryl methyl sites for hydroxylation is 1. The summed E-state index contributed by atoms with van der Waals surface area (Å²) >= 11 is 1.12. The Balaban J connectivity index is 2.54. The lowest BCUT2D eigenvalue weighted by Gasteiger charge is -2.07. The Morgan fingerprint density at radius 2 is 2.33 bits per heavy atom. The molecule has 0 spiro atoms. The molecule has 15 heavy (non-hydrogen) atoms. The van der Waals surface area contributed by atoms with Crippen molar-refractivity contribution in [2.75, 3.05) is 0 Å². The van der Waals surface area contributed by atoms with Crippen molar-refractivity contribution in [2.24, 2.45) is 0 Å². The number of carboxylic acid groups (broad SMARTS) is 1. The molecule has 1 heterocycles. The largest absolute Gasteiger partial charge is 0.480 e. The Morgan fingerprint density at radius 3 is 2.80 bits per heavy atom. The quantitative estimate of drug-likeness (QED) is 0.754. The van der Waals surface area contributed by atoms with Gasteiger partial charge in [0.2, 0.25) is 5.89 Å². The van der Waals surface area contributed by atoms with Crippen LogP contribution < -0.4 is 0 Å². The molecule has 0 saturated carbocycles. The van der Waals surface area contributed by atoms with E-state index < -0.39 is 11.2 Å². The van der Waals surface area contributed by atoms with Crippen LogP contribution in [0.3, 0.4) is 0 Å². The Bertz CT molecular complexity index is 327. The Labute approximate surface area is 92.3 Å². The van der Waals surface area contributed by atoms with Crippen LogP contribution in [-0.4, -0.2) is 26.5 Å². The first kappa shape index (κ1) is 12.0. The SMILES string of the molecule is CCCCC(Sc1nnc(C)o1)C(=O)O. The summed E-state index contributed by atoms with van der Waals surface area (Å²) in [6, 6.07) is 0. The summed E-state index contributed by atoms with van der Waals surface area (Å²) in [6.45, 7) is 3.71. The van der Waals surface area contributed by atoms with Crippen molar-refractivity contribution in [3.05, 3.63) is 5.89 Å². The summed E-state index contributed by atoms with van der Waals surface area (Å²) in [5, 5.41) is 16.2. The third-order valence-corrected chi connectivity index (χ3v) is 2.93. The molecule has 1 aromatic rings. The van der Waals surface area contributed by atoms with Gasteiger partial charge < -0.3 is 9.52 Å². The second kappa shape index (κ2) is 5.75. The average Bonchev–Trinajstić information content (AvgIpc) is 2.58. The van der Waals surface area contributed by atoms with E-state index in [9.17, 15) is 4.79 Å². The first-order valence-electron chi connectivity index (χ1n) is 4.83. The highest BCUT2D eigenvalue weighted by Gasteiger charge is 2.21. The molecule has 0 radical (unpaired) electrons. The van der Waals surface area contributed by atoms with Gasteiger partial charge >= 0.3 is 5.97 Å². The highest BCUT2D eigenvalue weighted by atomic mass is 32.2. The molecule has 0 aliphatic heterocycles. The zero-order chi connectivity index (χ0) is 11.3. The summed E-state index contributed by atoms with van der Waals surface area (Å²) in [5.41, 5.74) is 0. The number of carboxylic acids is 1. The molecule has 1 aromatic heterocycles. The third-order valence-electron chi connectivity index (χ3n) is 1.85. The van der Waals surface area contributed by atoms with E-state index in [2.05, 4.69) is 10.2 Å². The van der Waals surface area contributed by atoms with Crippen LogP contribution in [0.25, 0.3) is 0 Å². The number of hydrogen-bond donors (Lipinski definition) is 1. The molecule has 0 amide bonds. The second-order valence-corrected chi connectivity index (χ2v) is 4.33. The van der Waals surface area contributed by atoms with Gasteiger partial charge in [0, 0.05) is 6.92 Å². The molecule has 1 unspecified atom stereocenters. The van der Waals surface area contributed by atoms with Gasteiger partial charge in [0.15, 0.2) is 0 Å². The lowest BCUT2D eigenvalue weighted by atomic mass is 10.2. The van der Waals surface area contributed by atoms with Gasteiger partial charge in [-0.15, -0.1) is 10.2 Å². The van der Waals surface area contributed by atoms with Gasteiger partial charge in [0.1, 0.15) is 5.25 Å². The molecule has 1 rings (SSSR count). The molecule has 0 fully saturated rings. The van der Waals surface area contributed by atoms with E-state index in [1.54, 1.807) is 6.92 Å². The molecule has 0 aliphatic carbocycles. The molecule has 84 valence electrons. The maximum atomic E-state index is 10.9. The van der Waals surface area contributed by atoms with E-state index in [0.29, 0.717) is 17.5 Å². The van der Waals surface area contributed by atoms with E-state index in [-0.39, 0.29) is 0 Å². The molecule has 1 N–H and O–H groups in total. The number of carbonyl (C=O) groups is 1. The molecule has 0 aromatic carbocycles. The minimum Gasteiger partial charge on any atom is -0.480 e. The van der Waals surface area contributed by atoms with E-state index in [0.717, 1.165) is 24.6 Å². The Hall–Kier alpha value is -1.04. The fraction of sp³-hybridized carbons (Fsp3) is 0.667. The summed E-state index contributed by atoms with van der Waals surface area (Å²) < 4.78 is 5.12. The normalized spacial score (nSPS) is 12.7. The van der Waals surface area contributed by atoms with Crippen LogP contribution in [0, 0.1) is 6.92 Å². The van der Waals surface area contributed by atoms with Crippen LogP contribution >= 0.6 is 11.8 Å². The predicted molar refractivity (Wildman–Crippen MR) is 55.8 cm³/mol. The number of rotatable bonds is 6. The van der Waals surface area contributed by atoms with Gasteiger partial charge in [-0.25, -0.2) is 0 Å². The van der Waals surface area contributed by atoms with Gasteiger partial charge in [0.25, 0.3) is 5.22 Å². The zero-order valence-electron chi connectivity index (χ0n) is 8.77. The lowest BCUT2D eigenvalue weighted by Crippen LogP contribution is -2.16. The minimum absolute atomic E-state index is 0.330. The number of unbranched alkanes of at least 4 members (excludes halogenated alkanes) is 1. The van der Waals surface area contributed by atoms with Crippen LogP contribution in [0.4, 0.5) is 0 Å². The molecule has 0 bridgehead atoms. The fourth-order valence-electron chi connectivity index (χ4n) is 1.07. The standard InChI is InChI=1S/C9H14N2O3S/c1-3-4-5-7(8(12)13)15-9-11-10-6(2)14-9/h7H,3-5H2,1-2H3,(H,12,13). The fourth-order valence-corrected chi connectivity index (χ4v) is 1.96. The third kappa shape index (κ3) is 3.91. The van der Waals surface area contributed by atoms with Crippen LogP contribution in [0.1, 0.15) is 32.1 Å². The summed E-state index contributed by atoms with van der Waals surface area (Å²) in [4.78, 5) is 10.9. The van der Waals surface area contributed by atoms with Crippen LogP contribution in [-0.2, 0) is 4.79 Å². The van der Waals surface area contributed by atoms with Crippen molar-refractivity contribution >= 4 is 17.7 Å². The Kier molecular flexibility index (Phi) is 4.61. The van der Waals surface area contributed by atoms with E-state index >= 15 is 0 Å². The summed E-state index contributed by atoms with van der Waals surface area (Å²) in [7, 11) is 0. The topological polar surface area (TPSA) is 76.2 Å². The monoisotopic (exact) mass is 230 g/mol. The number of hydrogen-bond acceptors (Lipinski definition) is 5. The van der Waals surface area contributed by atoms with E-state index in [1.807, 2.05) is 6.92 Å². The average molecular weight is 230 g/mol. The minimum atomic E-state index is -0.829. The number of thioether (sulfide) groups is 1. The van der Waals surface area contributed by atoms with Gasteiger partial charge in [-0.1, -0.05) is 31.5 Å².